The van der Waals surface area contributed by atoms with Crippen LogP contribution in [0.15, 0.2) is 12.7 Å². The lowest BCUT2D eigenvalue weighted by molar-refractivity contribution is -0.117. The van der Waals surface area contributed by atoms with Gasteiger partial charge in [-0.3, -0.25) is 9.36 Å². The molecule has 0 aliphatic carbocycles. The van der Waals surface area contributed by atoms with Gasteiger partial charge in [0.15, 0.2) is 0 Å². The third kappa shape index (κ3) is 11.6. The van der Waals surface area contributed by atoms with Gasteiger partial charge in [-0.2, -0.15) is 0 Å². The first kappa shape index (κ1) is 16.4. The Balaban J connectivity index is 3.42. The number of hydrogen-bond donors (Lipinski definition) is 3. The minimum atomic E-state index is -3.82. The van der Waals surface area contributed by atoms with Crippen LogP contribution in [0.5, 0.6) is 0 Å². The highest BCUT2D eigenvalue weighted by molar-refractivity contribution is 7.51. The molecule has 1 amide bonds. The summed E-state index contributed by atoms with van der Waals surface area (Å²) in [6, 6.07) is 0.113. The fraction of sp³-hybridized carbons (Fsp3) is 0.727. The first-order valence-corrected chi connectivity index (χ1v) is 7.62. The Morgan fingerprint density at radius 2 is 1.94 bits per heavy atom. The van der Waals surface area contributed by atoms with Crippen LogP contribution in [0.25, 0.3) is 0 Å². The predicted octanol–water partition coefficient (Wildman–Crippen LogP) is 1.81. The van der Waals surface area contributed by atoms with Crippen molar-refractivity contribution in [3.05, 3.63) is 12.7 Å². The Morgan fingerprint density at radius 3 is 2.47 bits per heavy atom. The Morgan fingerprint density at radius 1 is 1.35 bits per heavy atom. The van der Waals surface area contributed by atoms with E-state index in [4.69, 9.17) is 9.79 Å². The van der Waals surface area contributed by atoms with Crippen LogP contribution in [0, 0.1) is 0 Å². The maximum Gasteiger partial charge on any atom is 0.325 e. The molecule has 0 bridgehead atoms. The van der Waals surface area contributed by atoms with E-state index in [9.17, 15) is 9.36 Å². The number of unbranched alkanes of at least 4 members (excludes halogenated alkanes) is 3. The van der Waals surface area contributed by atoms with Crippen molar-refractivity contribution in [3.8, 4) is 0 Å². The molecule has 0 aromatic rings. The van der Waals surface area contributed by atoms with Crippen molar-refractivity contribution in [1.82, 2.24) is 5.32 Å². The summed E-state index contributed by atoms with van der Waals surface area (Å²) >= 11 is 0. The molecule has 0 aromatic carbocycles. The highest BCUT2D eigenvalue weighted by Crippen LogP contribution is 2.35. The molecule has 0 aliphatic rings. The minimum Gasteiger partial charge on any atom is -0.350 e. The Kier molecular flexibility index (Phi) is 8.13. The summed E-state index contributed by atoms with van der Waals surface area (Å²) in [5, 5.41) is 2.76. The Labute approximate surface area is 102 Å². The number of hydrogen-bond acceptors (Lipinski definition) is 2. The van der Waals surface area contributed by atoms with E-state index in [1.807, 2.05) is 6.92 Å². The van der Waals surface area contributed by atoms with Gasteiger partial charge in [-0.15, -0.1) is 0 Å². The normalized spacial score (nSPS) is 13.1. The highest BCUT2D eigenvalue weighted by Gasteiger charge is 2.11. The molecule has 3 N–H and O–H groups in total. The number of carbonyl (C=O) groups excluding carboxylic acids is 1. The first-order chi connectivity index (χ1) is 7.85. The fourth-order valence-corrected chi connectivity index (χ4v) is 2.13. The summed E-state index contributed by atoms with van der Waals surface area (Å²) in [6.07, 6.45) is 5.32. The van der Waals surface area contributed by atoms with Crippen molar-refractivity contribution in [1.29, 1.82) is 0 Å². The van der Waals surface area contributed by atoms with Crippen LogP contribution in [-0.4, -0.2) is 27.9 Å². The van der Waals surface area contributed by atoms with E-state index >= 15 is 0 Å². The van der Waals surface area contributed by atoms with Crippen LogP contribution >= 0.6 is 7.60 Å². The smallest absolute Gasteiger partial charge is 0.325 e. The molecule has 0 rings (SSSR count). The number of amides is 1. The van der Waals surface area contributed by atoms with Gasteiger partial charge in [0.25, 0.3) is 0 Å². The van der Waals surface area contributed by atoms with E-state index in [0.717, 1.165) is 25.7 Å². The lowest BCUT2D eigenvalue weighted by Crippen LogP contribution is -2.30. The molecule has 17 heavy (non-hydrogen) atoms. The molecule has 6 heteroatoms. The minimum absolute atomic E-state index is 0.0320. The van der Waals surface area contributed by atoms with Gasteiger partial charge >= 0.3 is 7.60 Å². The van der Waals surface area contributed by atoms with E-state index in [-0.39, 0.29) is 18.1 Å². The van der Waals surface area contributed by atoms with Crippen LogP contribution in [0.1, 0.15) is 39.0 Å². The molecule has 0 aromatic heterocycles. The zero-order chi connectivity index (χ0) is 13.3. The summed E-state index contributed by atoms with van der Waals surface area (Å²) in [5.41, 5.74) is 0. The second-order valence-corrected chi connectivity index (χ2v) is 5.98. The summed E-state index contributed by atoms with van der Waals surface area (Å²) in [5.74, 6) is -0.168. The molecule has 0 spiro atoms. The maximum atomic E-state index is 11.0. The topological polar surface area (TPSA) is 86.6 Å². The molecule has 1 unspecified atom stereocenters. The zero-order valence-electron chi connectivity index (χ0n) is 10.3. The monoisotopic (exact) mass is 263 g/mol. The van der Waals surface area contributed by atoms with Crippen LogP contribution < -0.4 is 5.32 Å². The van der Waals surface area contributed by atoms with Crippen molar-refractivity contribution in [2.75, 3.05) is 6.16 Å². The van der Waals surface area contributed by atoms with Gasteiger partial charge in [-0.25, -0.2) is 0 Å². The largest absolute Gasteiger partial charge is 0.350 e. The molecule has 0 saturated carbocycles. The van der Waals surface area contributed by atoms with Gasteiger partial charge in [-0.05, 0) is 25.8 Å². The SMILES string of the molecule is C=CC(=O)NC(C)CCCCCCP(=O)(O)O. The van der Waals surface area contributed by atoms with Crippen molar-refractivity contribution >= 4 is 13.5 Å². The van der Waals surface area contributed by atoms with Gasteiger partial charge in [0.2, 0.25) is 5.91 Å². The van der Waals surface area contributed by atoms with Crippen molar-refractivity contribution in [3.63, 3.8) is 0 Å². The summed E-state index contributed by atoms with van der Waals surface area (Å²) < 4.78 is 10.6. The molecular weight excluding hydrogens is 241 g/mol. The number of carbonyl (C=O) groups is 1. The van der Waals surface area contributed by atoms with E-state index in [1.165, 1.54) is 6.08 Å². The van der Waals surface area contributed by atoms with Gasteiger partial charge in [-0.1, -0.05) is 25.8 Å². The molecule has 0 aliphatic heterocycles. The zero-order valence-corrected chi connectivity index (χ0v) is 11.2. The molecule has 0 saturated heterocycles. The lowest BCUT2D eigenvalue weighted by atomic mass is 10.1. The summed E-state index contributed by atoms with van der Waals surface area (Å²) in [7, 11) is -3.82. The summed E-state index contributed by atoms with van der Waals surface area (Å²) in [4.78, 5) is 28.2. The van der Waals surface area contributed by atoms with Crippen molar-refractivity contribution in [2.24, 2.45) is 0 Å². The average Bonchev–Trinajstić information content (AvgIpc) is 2.21. The Hall–Kier alpha value is -0.640. The van der Waals surface area contributed by atoms with E-state index < -0.39 is 7.60 Å². The van der Waals surface area contributed by atoms with Gasteiger partial charge in [0.05, 0.1) is 0 Å². The Bertz CT molecular complexity index is 287. The number of rotatable bonds is 9. The molecule has 0 radical (unpaired) electrons. The molecule has 0 fully saturated rings. The van der Waals surface area contributed by atoms with Gasteiger partial charge < -0.3 is 15.1 Å². The molecule has 0 heterocycles. The van der Waals surface area contributed by atoms with Crippen LogP contribution in [0.4, 0.5) is 0 Å². The van der Waals surface area contributed by atoms with Gasteiger partial charge in [0, 0.05) is 12.2 Å². The van der Waals surface area contributed by atoms with Crippen molar-refractivity contribution in [2.45, 2.75) is 45.1 Å². The van der Waals surface area contributed by atoms with E-state index in [2.05, 4.69) is 11.9 Å². The van der Waals surface area contributed by atoms with Crippen LogP contribution in [0.3, 0.4) is 0 Å². The molecule has 5 nitrogen and oxygen atoms in total. The standard InChI is InChI=1S/C11H22NO4P/c1-3-11(13)12-10(2)8-6-4-5-7-9-17(14,15)16/h3,10H,1,4-9H2,2H3,(H,12,13)(H2,14,15,16). The van der Waals surface area contributed by atoms with Crippen molar-refractivity contribution < 1.29 is 19.1 Å². The van der Waals surface area contributed by atoms with Crippen LogP contribution in [0.2, 0.25) is 0 Å². The second-order valence-electron chi connectivity index (χ2n) is 4.20. The fourth-order valence-electron chi connectivity index (χ4n) is 1.50. The highest BCUT2D eigenvalue weighted by atomic mass is 31.2. The number of nitrogens with one attached hydrogen (secondary N) is 1. The van der Waals surface area contributed by atoms with E-state index in [1.54, 1.807) is 0 Å². The van der Waals surface area contributed by atoms with E-state index in [0.29, 0.717) is 6.42 Å². The third-order valence-electron chi connectivity index (χ3n) is 2.41. The first-order valence-electron chi connectivity index (χ1n) is 5.82. The molecule has 1 atom stereocenters. The summed E-state index contributed by atoms with van der Waals surface area (Å²) in [6.45, 7) is 5.30. The van der Waals surface area contributed by atoms with Crippen LogP contribution in [-0.2, 0) is 9.36 Å². The quantitative estimate of drug-likeness (QED) is 0.336. The third-order valence-corrected chi connectivity index (χ3v) is 3.31. The average molecular weight is 263 g/mol. The second kappa shape index (κ2) is 8.45. The molecule has 100 valence electrons. The lowest BCUT2D eigenvalue weighted by Gasteiger charge is -2.12. The van der Waals surface area contributed by atoms with Gasteiger partial charge in [0.1, 0.15) is 0 Å². The molecular formula is C11H22NO4P. The maximum absolute atomic E-state index is 11.0. The predicted molar refractivity (Wildman–Crippen MR) is 67.8 cm³/mol.